The number of likely N-dealkylation sites (tertiary alicyclic amines) is 1. The lowest BCUT2D eigenvalue weighted by atomic mass is 10.0. The first kappa shape index (κ1) is 18.2. The van der Waals surface area contributed by atoms with Crippen LogP contribution in [0.3, 0.4) is 0 Å². The highest BCUT2D eigenvalue weighted by Gasteiger charge is 2.22. The molecule has 0 saturated carbocycles. The van der Waals surface area contributed by atoms with Crippen molar-refractivity contribution in [3.8, 4) is 11.3 Å². The smallest absolute Gasteiger partial charge is 0.339 e. The van der Waals surface area contributed by atoms with Crippen LogP contribution in [0.5, 0.6) is 0 Å². The third-order valence-corrected chi connectivity index (χ3v) is 4.95. The Bertz CT molecular complexity index is 1040. The monoisotopic (exact) mass is 379 g/mol. The molecule has 1 aliphatic rings. The van der Waals surface area contributed by atoms with E-state index in [2.05, 4.69) is 10.1 Å². The van der Waals surface area contributed by atoms with Crippen LogP contribution in [0.2, 0.25) is 0 Å². The van der Waals surface area contributed by atoms with E-state index in [4.69, 9.17) is 9.26 Å². The van der Waals surface area contributed by atoms with Gasteiger partial charge in [0.15, 0.2) is 0 Å². The average Bonchev–Trinajstić information content (AvgIpc) is 3.27. The molecule has 2 aromatic heterocycles. The molecule has 1 aromatic carbocycles. The largest absolute Gasteiger partial charge is 0.460 e. The summed E-state index contributed by atoms with van der Waals surface area (Å²) in [6.45, 7) is 5.05. The first-order valence-corrected chi connectivity index (χ1v) is 9.32. The lowest BCUT2D eigenvalue weighted by Gasteiger charge is -2.15. The van der Waals surface area contributed by atoms with Gasteiger partial charge in [0, 0.05) is 18.5 Å². The molecule has 7 heteroatoms. The number of ether oxygens (including phenoxy) is 1. The molecule has 144 valence electrons. The number of aromatic nitrogens is 2. The Morgan fingerprint density at radius 2 is 2.04 bits per heavy atom. The minimum atomic E-state index is -0.473. The SMILES string of the molecule is Cc1ccc(-c2cc(C(=O)OCCN3CCCC3=O)c3c(C)noc3n2)cc1. The van der Waals surface area contributed by atoms with Crippen LogP contribution in [0.1, 0.15) is 34.5 Å². The molecule has 1 amide bonds. The Morgan fingerprint density at radius 1 is 1.25 bits per heavy atom. The molecule has 0 radical (unpaired) electrons. The van der Waals surface area contributed by atoms with Gasteiger partial charge in [0.2, 0.25) is 5.91 Å². The summed E-state index contributed by atoms with van der Waals surface area (Å²) in [6, 6.07) is 9.57. The number of hydrogen-bond acceptors (Lipinski definition) is 6. The normalized spacial score (nSPS) is 14.1. The van der Waals surface area contributed by atoms with Gasteiger partial charge in [-0.25, -0.2) is 9.78 Å². The molecule has 0 bridgehead atoms. The average molecular weight is 379 g/mol. The molecule has 28 heavy (non-hydrogen) atoms. The summed E-state index contributed by atoms with van der Waals surface area (Å²) in [7, 11) is 0. The van der Waals surface area contributed by atoms with Crippen molar-refractivity contribution in [1.29, 1.82) is 0 Å². The molecule has 4 rings (SSSR count). The number of pyridine rings is 1. The molecule has 1 saturated heterocycles. The molecule has 3 heterocycles. The van der Waals surface area contributed by atoms with Crippen LogP contribution in [-0.2, 0) is 9.53 Å². The fourth-order valence-electron chi connectivity index (χ4n) is 3.39. The van der Waals surface area contributed by atoms with Gasteiger partial charge in [0.05, 0.1) is 28.9 Å². The van der Waals surface area contributed by atoms with Crippen molar-refractivity contribution in [3.05, 3.63) is 47.2 Å². The topological polar surface area (TPSA) is 85.5 Å². The summed E-state index contributed by atoms with van der Waals surface area (Å²) in [6.07, 6.45) is 1.43. The maximum Gasteiger partial charge on any atom is 0.339 e. The molecule has 0 atom stereocenters. The molecule has 3 aromatic rings. The van der Waals surface area contributed by atoms with E-state index in [0.29, 0.717) is 41.0 Å². The zero-order valence-electron chi connectivity index (χ0n) is 15.9. The predicted molar refractivity (Wildman–Crippen MR) is 103 cm³/mol. The minimum Gasteiger partial charge on any atom is -0.460 e. The van der Waals surface area contributed by atoms with Gasteiger partial charge in [-0.3, -0.25) is 4.79 Å². The predicted octanol–water partition coefficient (Wildman–Crippen LogP) is 3.29. The summed E-state index contributed by atoms with van der Waals surface area (Å²) in [5.41, 5.74) is 3.88. The number of aryl methyl sites for hydroxylation is 2. The van der Waals surface area contributed by atoms with Gasteiger partial charge in [-0.05, 0) is 26.3 Å². The maximum atomic E-state index is 12.8. The van der Waals surface area contributed by atoms with Crippen molar-refractivity contribution in [2.24, 2.45) is 0 Å². The van der Waals surface area contributed by atoms with Crippen LogP contribution in [-0.4, -0.2) is 46.6 Å². The van der Waals surface area contributed by atoms with E-state index >= 15 is 0 Å². The Hall–Kier alpha value is -3.22. The van der Waals surface area contributed by atoms with Crippen molar-refractivity contribution >= 4 is 23.0 Å². The maximum absolute atomic E-state index is 12.8. The Kier molecular flexibility index (Phi) is 4.81. The molecule has 0 aliphatic carbocycles. The number of esters is 1. The van der Waals surface area contributed by atoms with Gasteiger partial charge >= 0.3 is 5.97 Å². The fraction of sp³-hybridized carbons (Fsp3) is 0.333. The Morgan fingerprint density at radius 3 is 2.75 bits per heavy atom. The van der Waals surface area contributed by atoms with E-state index in [1.54, 1.807) is 17.9 Å². The lowest BCUT2D eigenvalue weighted by molar-refractivity contribution is -0.128. The van der Waals surface area contributed by atoms with Crippen molar-refractivity contribution in [1.82, 2.24) is 15.0 Å². The summed E-state index contributed by atoms with van der Waals surface area (Å²) in [4.78, 5) is 30.7. The quantitative estimate of drug-likeness (QED) is 0.633. The molecule has 7 nitrogen and oxygen atoms in total. The molecule has 0 unspecified atom stereocenters. The number of nitrogens with zero attached hydrogens (tertiary/aromatic N) is 3. The highest BCUT2D eigenvalue weighted by molar-refractivity contribution is 6.04. The van der Waals surface area contributed by atoms with Gasteiger partial charge in [-0.15, -0.1) is 0 Å². The van der Waals surface area contributed by atoms with E-state index < -0.39 is 5.97 Å². The molecular formula is C21H21N3O4. The van der Waals surface area contributed by atoms with Crippen molar-refractivity contribution in [3.63, 3.8) is 0 Å². The third kappa shape index (κ3) is 3.47. The molecular weight excluding hydrogens is 358 g/mol. The summed E-state index contributed by atoms with van der Waals surface area (Å²) < 4.78 is 10.8. The van der Waals surface area contributed by atoms with Gasteiger partial charge in [0.25, 0.3) is 5.71 Å². The zero-order chi connectivity index (χ0) is 19.7. The van der Waals surface area contributed by atoms with E-state index in [9.17, 15) is 9.59 Å². The van der Waals surface area contributed by atoms with E-state index in [1.165, 1.54) is 0 Å². The van der Waals surface area contributed by atoms with Gasteiger partial charge in [0.1, 0.15) is 6.61 Å². The molecule has 1 aliphatic heterocycles. The second-order valence-electron chi connectivity index (χ2n) is 6.99. The standard InChI is InChI=1S/C21H21N3O4/c1-13-5-7-15(8-6-13)17-12-16(19-14(2)23-28-20(19)22-17)21(26)27-11-10-24-9-3-4-18(24)25/h5-8,12H,3-4,9-11H2,1-2H3. The number of benzene rings is 1. The summed E-state index contributed by atoms with van der Waals surface area (Å²) in [5.74, 6) is -0.363. The van der Waals surface area contributed by atoms with Crippen molar-refractivity contribution in [2.75, 3.05) is 19.7 Å². The van der Waals surface area contributed by atoms with E-state index in [0.717, 1.165) is 24.1 Å². The van der Waals surface area contributed by atoms with Crippen molar-refractivity contribution in [2.45, 2.75) is 26.7 Å². The first-order valence-electron chi connectivity index (χ1n) is 9.32. The minimum absolute atomic E-state index is 0.110. The van der Waals surface area contributed by atoms with Gasteiger partial charge < -0.3 is 14.2 Å². The van der Waals surface area contributed by atoms with E-state index in [-0.39, 0.29) is 12.5 Å². The highest BCUT2D eigenvalue weighted by atomic mass is 16.5. The second-order valence-corrected chi connectivity index (χ2v) is 6.99. The molecule has 0 N–H and O–H groups in total. The highest BCUT2D eigenvalue weighted by Crippen LogP contribution is 2.27. The number of carbonyl (C=O) groups excluding carboxylic acids is 2. The summed E-state index contributed by atoms with van der Waals surface area (Å²) >= 11 is 0. The zero-order valence-corrected chi connectivity index (χ0v) is 15.9. The number of carbonyl (C=O) groups is 2. The van der Waals surface area contributed by atoms with Crippen LogP contribution in [0, 0.1) is 13.8 Å². The summed E-state index contributed by atoms with van der Waals surface area (Å²) in [5, 5.41) is 4.50. The van der Waals surface area contributed by atoms with Gasteiger partial charge in [-0.1, -0.05) is 35.0 Å². The van der Waals surface area contributed by atoms with Gasteiger partial charge in [-0.2, -0.15) is 0 Å². The third-order valence-electron chi connectivity index (χ3n) is 4.95. The first-order chi connectivity index (χ1) is 13.5. The lowest BCUT2D eigenvalue weighted by Crippen LogP contribution is -2.29. The second kappa shape index (κ2) is 7.42. The van der Waals surface area contributed by atoms with E-state index in [1.807, 2.05) is 31.2 Å². The fourth-order valence-corrected chi connectivity index (χ4v) is 3.39. The van der Waals surface area contributed by atoms with Crippen LogP contribution in [0.4, 0.5) is 0 Å². The van der Waals surface area contributed by atoms with Crippen LogP contribution >= 0.6 is 0 Å². The number of rotatable bonds is 5. The molecule has 1 fully saturated rings. The Labute approximate surface area is 162 Å². The number of fused-ring (bicyclic) bond motifs is 1. The number of amides is 1. The Balaban J connectivity index is 1.60. The van der Waals surface area contributed by atoms with Crippen LogP contribution in [0.15, 0.2) is 34.9 Å². The van der Waals surface area contributed by atoms with Crippen LogP contribution < -0.4 is 0 Å². The number of hydrogen-bond donors (Lipinski definition) is 0. The van der Waals surface area contributed by atoms with Crippen LogP contribution in [0.25, 0.3) is 22.4 Å². The van der Waals surface area contributed by atoms with Crippen molar-refractivity contribution < 1.29 is 18.8 Å². The molecule has 0 spiro atoms.